The first-order valence-electron chi connectivity index (χ1n) is 7.53. The quantitative estimate of drug-likeness (QED) is 0.580. The number of aromatic nitrogens is 5. The topological polar surface area (TPSA) is 65.7 Å². The number of fused-ring (bicyclic) bond motifs is 1. The Bertz CT molecular complexity index is 1010. The largest absolute Gasteiger partial charge is 0.481 e. The van der Waals surface area contributed by atoms with Gasteiger partial charge in [-0.05, 0) is 31.2 Å². The second kappa shape index (κ2) is 5.73. The van der Waals surface area contributed by atoms with Gasteiger partial charge in [-0.3, -0.25) is 4.57 Å². The summed E-state index contributed by atoms with van der Waals surface area (Å²) in [6.07, 6.45) is 3.25. The SMILES string of the molecule is COc1nc2ccccc2cc1-c1ccc(-n2cnnc2)nc1C. The summed E-state index contributed by atoms with van der Waals surface area (Å²) >= 11 is 0. The van der Waals surface area contributed by atoms with Crippen molar-refractivity contribution in [3.05, 3.63) is 60.8 Å². The summed E-state index contributed by atoms with van der Waals surface area (Å²) in [5.74, 6) is 1.37. The van der Waals surface area contributed by atoms with E-state index in [9.17, 15) is 0 Å². The molecule has 0 radical (unpaired) electrons. The molecule has 0 spiro atoms. The van der Waals surface area contributed by atoms with Crippen LogP contribution in [0.1, 0.15) is 5.69 Å². The molecule has 3 heterocycles. The molecule has 0 aliphatic rings. The van der Waals surface area contributed by atoms with E-state index in [0.717, 1.165) is 33.5 Å². The van der Waals surface area contributed by atoms with E-state index < -0.39 is 0 Å². The van der Waals surface area contributed by atoms with Crippen LogP contribution in [0.2, 0.25) is 0 Å². The number of ether oxygens (including phenoxy) is 1. The van der Waals surface area contributed by atoms with Crippen molar-refractivity contribution in [2.45, 2.75) is 6.92 Å². The van der Waals surface area contributed by atoms with E-state index in [4.69, 9.17) is 4.74 Å². The number of para-hydroxylation sites is 1. The van der Waals surface area contributed by atoms with Gasteiger partial charge >= 0.3 is 0 Å². The number of methoxy groups -OCH3 is 1. The van der Waals surface area contributed by atoms with Crippen molar-refractivity contribution in [1.29, 1.82) is 0 Å². The summed E-state index contributed by atoms with van der Waals surface area (Å²) < 4.78 is 7.27. The van der Waals surface area contributed by atoms with Crippen LogP contribution in [0.15, 0.2) is 55.1 Å². The molecule has 0 fully saturated rings. The number of aryl methyl sites for hydroxylation is 1. The average molecular weight is 317 g/mol. The lowest BCUT2D eigenvalue weighted by atomic mass is 10.0. The van der Waals surface area contributed by atoms with Gasteiger partial charge in [-0.15, -0.1) is 10.2 Å². The number of nitrogens with zero attached hydrogens (tertiary/aromatic N) is 5. The van der Waals surface area contributed by atoms with Crippen LogP contribution in [0.25, 0.3) is 27.8 Å². The van der Waals surface area contributed by atoms with Gasteiger partial charge in [0.25, 0.3) is 0 Å². The zero-order valence-corrected chi connectivity index (χ0v) is 13.3. The standard InChI is InChI=1S/C18H15N5O/c1-12-14(7-8-17(21-12)23-10-19-20-11-23)15-9-13-5-3-4-6-16(13)22-18(15)24-2/h3-11H,1-2H3. The third kappa shape index (κ3) is 2.38. The van der Waals surface area contributed by atoms with Gasteiger partial charge in [0.05, 0.1) is 12.6 Å². The first kappa shape index (κ1) is 14.3. The lowest BCUT2D eigenvalue weighted by Crippen LogP contribution is -1.99. The van der Waals surface area contributed by atoms with Gasteiger partial charge in [-0.2, -0.15) is 0 Å². The number of hydrogen-bond acceptors (Lipinski definition) is 5. The molecule has 6 heteroatoms. The fourth-order valence-electron chi connectivity index (χ4n) is 2.74. The zero-order chi connectivity index (χ0) is 16.5. The molecule has 0 unspecified atom stereocenters. The molecule has 4 aromatic rings. The molecular formula is C18H15N5O. The van der Waals surface area contributed by atoms with Crippen LogP contribution in [0.3, 0.4) is 0 Å². The van der Waals surface area contributed by atoms with Crippen molar-refractivity contribution in [3.63, 3.8) is 0 Å². The molecule has 0 aliphatic heterocycles. The fourth-order valence-corrected chi connectivity index (χ4v) is 2.74. The number of benzene rings is 1. The molecule has 0 amide bonds. The maximum Gasteiger partial charge on any atom is 0.221 e. The second-order valence-electron chi connectivity index (χ2n) is 5.41. The highest BCUT2D eigenvalue weighted by Gasteiger charge is 2.13. The third-order valence-electron chi connectivity index (χ3n) is 3.93. The zero-order valence-electron chi connectivity index (χ0n) is 13.3. The molecule has 0 bridgehead atoms. The van der Waals surface area contributed by atoms with Crippen LogP contribution in [-0.4, -0.2) is 31.8 Å². The number of hydrogen-bond donors (Lipinski definition) is 0. The number of pyridine rings is 2. The predicted molar refractivity (Wildman–Crippen MR) is 91.2 cm³/mol. The van der Waals surface area contributed by atoms with E-state index in [1.165, 1.54) is 0 Å². The summed E-state index contributed by atoms with van der Waals surface area (Å²) in [6.45, 7) is 1.97. The average Bonchev–Trinajstić information content (AvgIpc) is 3.15. The molecule has 118 valence electrons. The van der Waals surface area contributed by atoms with Crippen LogP contribution < -0.4 is 4.74 Å². The van der Waals surface area contributed by atoms with Crippen LogP contribution in [0.4, 0.5) is 0 Å². The molecule has 6 nitrogen and oxygen atoms in total. The minimum atomic E-state index is 0.593. The van der Waals surface area contributed by atoms with Crippen molar-refractivity contribution in [2.24, 2.45) is 0 Å². The van der Waals surface area contributed by atoms with Gasteiger partial charge in [0.1, 0.15) is 18.5 Å². The Kier molecular flexibility index (Phi) is 3.42. The first-order valence-corrected chi connectivity index (χ1v) is 7.53. The molecular weight excluding hydrogens is 302 g/mol. The summed E-state index contributed by atoms with van der Waals surface area (Å²) in [5, 5.41) is 8.69. The Morgan fingerprint density at radius 2 is 1.71 bits per heavy atom. The van der Waals surface area contributed by atoms with E-state index in [0.29, 0.717) is 5.88 Å². The maximum atomic E-state index is 5.50. The summed E-state index contributed by atoms with van der Waals surface area (Å²) in [6, 6.07) is 14.0. The van der Waals surface area contributed by atoms with E-state index >= 15 is 0 Å². The van der Waals surface area contributed by atoms with Gasteiger partial charge in [0.15, 0.2) is 0 Å². The summed E-state index contributed by atoms with van der Waals surface area (Å²) in [7, 11) is 1.63. The third-order valence-corrected chi connectivity index (χ3v) is 3.93. The lowest BCUT2D eigenvalue weighted by Gasteiger charge is -2.12. The minimum Gasteiger partial charge on any atom is -0.481 e. The van der Waals surface area contributed by atoms with Crippen LogP contribution in [0.5, 0.6) is 5.88 Å². The molecule has 4 rings (SSSR count). The van der Waals surface area contributed by atoms with E-state index in [1.807, 2.05) is 43.3 Å². The highest BCUT2D eigenvalue weighted by molar-refractivity contribution is 5.86. The van der Waals surface area contributed by atoms with Gasteiger partial charge in [0.2, 0.25) is 5.88 Å². The van der Waals surface area contributed by atoms with Gasteiger partial charge < -0.3 is 4.74 Å². The van der Waals surface area contributed by atoms with Crippen molar-refractivity contribution in [3.8, 4) is 22.8 Å². The van der Waals surface area contributed by atoms with Gasteiger partial charge in [0, 0.05) is 22.2 Å². The fraction of sp³-hybridized carbons (Fsp3) is 0.111. The Morgan fingerprint density at radius 1 is 0.917 bits per heavy atom. The highest BCUT2D eigenvalue weighted by Crippen LogP contribution is 2.33. The lowest BCUT2D eigenvalue weighted by molar-refractivity contribution is 0.401. The molecule has 0 aliphatic carbocycles. The van der Waals surface area contributed by atoms with Crippen molar-refractivity contribution >= 4 is 10.9 Å². The summed E-state index contributed by atoms with van der Waals surface area (Å²) in [4.78, 5) is 9.26. The van der Waals surface area contributed by atoms with Gasteiger partial charge in [-0.25, -0.2) is 9.97 Å². The molecule has 0 N–H and O–H groups in total. The minimum absolute atomic E-state index is 0.593. The summed E-state index contributed by atoms with van der Waals surface area (Å²) in [5.41, 5.74) is 3.71. The molecule has 0 saturated heterocycles. The normalized spacial score (nSPS) is 10.9. The van der Waals surface area contributed by atoms with E-state index in [2.05, 4.69) is 26.2 Å². The number of rotatable bonds is 3. The highest BCUT2D eigenvalue weighted by atomic mass is 16.5. The smallest absolute Gasteiger partial charge is 0.221 e. The monoisotopic (exact) mass is 317 g/mol. The van der Waals surface area contributed by atoms with Crippen LogP contribution in [0, 0.1) is 6.92 Å². The molecule has 24 heavy (non-hydrogen) atoms. The van der Waals surface area contributed by atoms with Crippen LogP contribution in [-0.2, 0) is 0 Å². The molecule has 1 aromatic carbocycles. The maximum absolute atomic E-state index is 5.50. The van der Waals surface area contributed by atoms with Gasteiger partial charge in [-0.1, -0.05) is 18.2 Å². The molecule has 0 atom stereocenters. The molecule has 0 saturated carbocycles. The van der Waals surface area contributed by atoms with E-state index in [1.54, 1.807) is 24.3 Å². The Morgan fingerprint density at radius 3 is 2.46 bits per heavy atom. The van der Waals surface area contributed by atoms with Crippen molar-refractivity contribution in [2.75, 3.05) is 7.11 Å². The first-order chi connectivity index (χ1) is 11.8. The predicted octanol–water partition coefficient (Wildman–Crippen LogP) is 3.19. The van der Waals surface area contributed by atoms with Crippen LogP contribution >= 0.6 is 0 Å². The van der Waals surface area contributed by atoms with Crippen molar-refractivity contribution in [1.82, 2.24) is 24.7 Å². The Hall–Kier alpha value is -3.28. The molecule has 3 aromatic heterocycles. The van der Waals surface area contributed by atoms with E-state index in [-0.39, 0.29) is 0 Å². The second-order valence-corrected chi connectivity index (χ2v) is 5.41. The van der Waals surface area contributed by atoms with Crippen molar-refractivity contribution < 1.29 is 4.74 Å². The Labute approximate surface area is 138 Å². The Balaban J connectivity index is 1.87.